The number of amides is 2. The van der Waals surface area contributed by atoms with E-state index in [1.165, 1.54) is 12.8 Å². The number of hydrogen-bond donors (Lipinski definition) is 1. The first-order valence-corrected chi connectivity index (χ1v) is 5.98. The fourth-order valence-corrected chi connectivity index (χ4v) is 2.38. The fraction of sp³-hybridized carbons (Fsp3) is 0.462. The normalized spacial score (nSPS) is 19.9. The number of rotatable bonds is 2. The molecule has 0 aromatic heterocycles. The van der Waals surface area contributed by atoms with E-state index >= 15 is 0 Å². The van der Waals surface area contributed by atoms with Crippen molar-refractivity contribution in [3.8, 4) is 0 Å². The molecule has 1 aliphatic heterocycles. The molecule has 17 heavy (non-hydrogen) atoms. The summed E-state index contributed by atoms with van der Waals surface area (Å²) in [6.45, 7) is 1.89. The van der Waals surface area contributed by atoms with E-state index in [0.29, 0.717) is 5.41 Å². The monoisotopic (exact) mass is 232 g/mol. The second-order valence-electron chi connectivity index (χ2n) is 5.18. The Balaban J connectivity index is 1.55. The molecule has 1 saturated heterocycles. The molecular formula is C13H16N2O2. The molecule has 4 nitrogen and oxygen atoms in total. The van der Waals surface area contributed by atoms with Crippen molar-refractivity contribution in [3.05, 3.63) is 35.9 Å². The zero-order chi connectivity index (χ0) is 11.9. The van der Waals surface area contributed by atoms with Gasteiger partial charge in [0.15, 0.2) is 0 Å². The van der Waals surface area contributed by atoms with Gasteiger partial charge in [0.05, 0.1) is 6.54 Å². The summed E-state index contributed by atoms with van der Waals surface area (Å²) in [5, 5.41) is 10.5. The average molecular weight is 232 g/mol. The Morgan fingerprint density at radius 1 is 1.29 bits per heavy atom. The molecule has 0 bridgehead atoms. The van der Waals surface area contributed by atoms with Crippen LogP contribution in [0.5, 0.6) is 0 Å². The largest absolute Gasteiger partial charge is 0.344 e. The van der Waals surface area contributed by atoms with Crippen molar-refractivity contribution in [3.63, 3.8) is 0 Å². The van der Waals surface area contributed by atoms with Crippen LogP contribution in [0.15, 0.2) is 30.3 Å². The number of carbonyl (C=O) groups is 1. The zero-order valence-electron chi connectivity index (χ0n) is 9.67. The van der Waals surface area contributed by atoms with Gasteiger partial charge in [-0.25, -0.2) is 9.86 Å². The minimum Gasteiger partial charge on any atom is -0.322 e. The molecule has 0 radical (unpaired) electrons. The van der Waals surface area contributed by atoms with Crippen LogP contribution in [0, 0.1) is 5.41 Å². The molecule has 1 saturated carbocycles. The third kappa shape index (κ3) is 2.00. The molecule has 1 N–H and O–H groups in total. The first kappa shape index (κ1) is 10.6. The topological polar surface area (TPSA) is 43.8 Å². The number of likely N-dealkylation sites (tertiary alicyclic amines) is 1. The standard InChI is InChI=1S/C13H16N2O2/c16-12(14-9-13(10-14)6-7-13)15(17)8-11-4-2-1-3-5-11/h1-5,17H,6-10H2. The van der Waals surface area contributed by atoms with Crippen molar-refractivity contribution in [1.82, 2.24) is 9.96 Å². The van der Waals surface area contributed by atoms with Gasteiger partial charge in [0.1, 0.15) is 0 Å². The van der Waals surface area contributed by atoms with E-state index in [9.17, 15) is 10.0 Å². The lowest BCUT2D eigenvalue weighted by Crippen LogP contribution is -2.55. The van der Waals surface area contributed by atoms with Crippen LogP contribution in [-0.4, -0.2) is 34.3 Å². The highest BCUT2D eigenvalue weighted by Crippen LogP contribution is 2.52. The molecule has 1 aromatic carbocycles. The second-order valence-corrected chi connectivity index (χ2v) is 5.18. The maximum Gasteiger partial charge on any atom is 0.344 e. The third-order valence-corrected chi connectivity index (χ3v) is 3.68. The number of carbonyl (C=O) groups excluding carboxylic acids is 1. The Labute approximate surface area is 100 Å². The molecule has 0 atom stereocenters. The molecule has 0 unspecified atom stereocenters. The van der Waals surface area contributed by atoms with Crippen LogP contribution in [0.1, 0.15) is 18.4 Å². The minimum absolute atomic E-state index is 0.253. The van der Waals surface area contributed by atoms with Crippen molar-refractivity contribution >= 4 is 6.03 Å². The SMILES string of the molecule is O=C(N(O)Cc1ccccc1)N1CC2(CC2)C1. The predicted molar refractivity (Wildman–Crippen MR) is 62.4 cm³/mol. The van der Waals surface area contributed by atoms with Crippen molar-refractivity contribution in [2.75, 3.05) is 13.1 Å². The molecule has 1 aromatic rings. The van der Waals surface area contributed by atoms with Gasteiger partial charge in [0.25, 0.3) is 0 Å². The van der Waals surface area contributed by atoms with Gasteiger partial charge in [-0.2, -0.15) is 0 Å². The molecule has 2 amide bonds. The van der Waals surface area contributed by atoms with Gasteiger partial charge in [-0.1, -0.05) is 30.3 Å². The number of nitrogens with zero attached hydrogens (tertiary/aromatic N) is 2. The van der Waals surface area contributed by atoms with E-state index in [-0.39, 0.29) is 12.6 Å². The Hall–Kier alpha value is -1.55. The van der Waals surface area contributed by atoms with Crippen LogP contribution in [0.2, 0.25) is 0 Å². The summed E-state index contributed by atoms with van der Waals surface area (Å²) < 4.78 is 0. The van der Waals surface area contributed by atoms with Crippen LogP contribution in [0.4, 0.5) is 4.79 Å². The summed E-state index contributed by atoms with van der Waals surface area (Å²) in [4.78, 5) is 13.6. The summed E-state index contributed by atoms with van der Waals surface area (Å²) >= 11 is 0. The minimum atomic E-state index is -0.272. The number of hydroxylamine groups is 2. The van der Waals surface area contributed by atoms with E-state index in [1.807, 2.05) is 30.3 Å². The Kier molecular flexibility index (Phi) is 2.33. The summed E-state index contributed by atoms with van der Waals surface area (Å²) in [6.07, 6.45) is 2.47. The maximum absolute atomic E-state index is 11.8. The highest BCUT2D eigenvalue weighted by atomic mass is 16.5. The maximum atomic E-state index is 11.8. The second kappa shape index (κ2) is 3.74. The molecule has 1 spiro atoms. The van der Waals surface area contributed by atoms with Crippen molar-refractivity contribution in [2.45, 2.75) is 19.4 Å². The molecule has 3 rings (SSSR count). The van der Waals surface area contributed by atoms with E-state index in [2.05, 4.69) is 0 Å². The van der Waals surface area contributed by atoms with Gasteiger partial charge in [0.2, 0.25) is 0 Å². The quantitative estimate of drug-likeness (QED) is 0.626. The average Bonchev–Trinajstić information content (AvgIpc) is 3.07. The lowest BCUT2D eigenvalue weighted by atomic mass is 9.98. The molecular weight excluding hydrogens is 216 g/mol. The summed E-state index contributed by atoms with van der Waals surface area (Å²) in [6, 6.07) is 9.24. The van der Waals surface area contributed by atoms with Gasteiger partial charge in [0, 0.05) is 18.5 Å². The summed E-state index contributed by atoms with van der Waals surface area (Å²) in [5.74, 6) is 0. The molecule has 90 valence electrons. The predicted octanol–water partition coefficient (Wildman–Crippen LogP) is 2.09. The van der Waals surface area contributed by atoms with E-state index in [4.69, 9.17) is 0 Å². The Morgan fingerprint density at radius 2 is 1.94 bits per heavy atom. The van der Waals surface area contributed by atoms with Crippen LogP contribution in [0.25, 0.3) is 0 Å². The van der Waals surface area contributed by atoms with Crippen LogP contribution in [0.3, 0.4) is 0 Å². The number of hydrogen-bond acceptors (Lipinski definition) is 2. The van der Waals surface area contributed by atoms with Gasteiger partial charge >= 0.3 is 6.03 Å². The zero-order valence-corrected chi connectivity index (χ0v) is 9.67. The van der Waals surface area contributed by atoms with Gasteiger partial charge in [-0.15, -0.1) is 0 Å². The van der Waals surface area contributed by atoms with Crippen LogP contribution < -0.4 is 0 Å². The van der Waals surface area contributed by atoms with Crippen molar-refractivity contribution in [1.29, 1.82) is 0 Å². The van der Waals surface area contributed by atoms with Crippen LogP contribution >= 0.6 is 0 Å². The van der Waals surface area contributed by atoms with Gasteiger partial charge < -0.3 is 4.90 Å². The van der Waals surface area contributed by atoms with Gasteiger partial charge in [-0.05, 0) is 18.4 Å². The van der Waals surface area contributed by atoms with Crippen molar-refractivity contribution in [2.24, 2.45) is 5.41 Å². The lowest BCUT2D eigenvalue weighted by Gasteiger charge is -2.41. The van der Waals surface area contributed by atoms with Crippen molar-refractivity contribution < 1.29 is 10.0 Å². The Morgan fingerprint density at radius 3 is 2.53 bits per heavy atom. The van der Waals surface area contributed by atoms with E-state index in [1.54, 1.807) is 4.90 Å². The summed E-state index contributed by atoms with van der Waals surface area (Å²) in [7, 11) is 0. The smallest absolute Gasteiger partial charge is 0.322 e. The Bertz CT molecular complexity index is 420. The molecule has 2 fully saturated rings. The molecule has 1 aliphatic carbocycles. The number of benzene rings is 1. The van der Waals surface area contributed by atoms with Crippen LogP contribution in [-0.2, 0) is 6.54 Å². The molecule has 4 heteroatoms. The molecule has 1 heterocycles. The molecule has 2 aliphatic rings. The fourth-order valence-electron chi connectivity index (χ4n) is 2.38. The highest BCUT2D eigenvalue weighted by molar-refractivity contribution is 5.74. The highest BCUT2D eigenvalue weighted by Gasteiger charge is 2.54. The third-order valence-electron chi connectivity index (χ3n) is 3.68. The number of urea groups is 1. The van der Waals surface area contributed by atoms with E-state index < -0.39 is 0 Å². The lowest BCUT2D eigenvalue weighted by molar-refractivity contribution is -0.0761. The summed E-state index contributed by atoms with van der Waals surface area (Å²) in [5.41, 5.74) is 1.37. The van der Waals surface area contributed by atoms with E-state index in [0.717, 1.165) is 23.7 Å². The first-order chi connectivity index (χ1) is 8.19. The first-order valence-electron chi connectivity index (χ1n) is 5.98. The van der Waals surface area contributed by atoms with Gasteiger partial charge in [-0.3, -0.25) is 5.21 Å².